The smallest absolute Gasteiger partial charge is 0.341 e. The van der Waals surface area contributed by atoms with Gasteiger partial charge in [-0.05, 0) is 46.6 Å². The van der Waals surface area contributed by atoms with Crippen molar-refractivity contribution in [1.82, 2.24) is 0 Å². The molecule has 0 fully saturated rings. The molecule has 0 aliphatic heterocycles. The molecular formula is C18H24O5. The average molecular weight is 320 g/mol. The van der Waals surface area contributed by atoms with Gasteiger partial charge < -0.3 is 9.47 Å². The van der Waals surface area contributed by atoms with Gasteiger partial charge in [0.1, 0.15) is 5.60 Å². The molecule has 0 bridgehead atoms. The van der Waals surface area contributed by atoms with E-state index in [1.54, 1.807) is 27.7 Å². The molecule has 0 aromatic rings. The van der Waals surface area contributed by atoms with Crippen LogP contribution in [0, 0.1) is 17.8 Å². The number of terminal acetylenes is 1. The number of Topliss-reactive ketones (excluding diaryl/α,β-unsaturated/α-hetero) is 1. The maximum atomic E-state index is 12.3. The zero-order valence-electron chi connectivity index (χ0n) is 14.2. The third-order valence-electron chi connectivity index (χ3n) is 3.42. The van der Waals surface area contributed by atoms with Crippen LogP contribution < -0.4 is 0 Å². The van der Waals surface area contributed by atoms with Gasteiger partial charge in [-0.25, -0.2) is 4.79 Å². The Balaban J connectivity index is 2.86. The second kappa shape index (κ2) is 7.45. The van der Waals surface area contributed by atoms with Crippen molar-refractivity contribution in [3.05, 3.63) is 11.6 Å². The van der Waals surface area contributed by atoms with E-state index in [-0.39, 0.29) is 24.4 Å². The number of unbranched alkanes of at least 4 members (excludes halogenated alkanes) is 1. The van der Waals surface area contributed by atoms with Crippen molar-refractivity contribution in [2.45, 2.75) is 59.0 Å². The lowest BCUT2D eigenvalue weighted by molar-refractivity contribution is -0.153. The minimum absolute atomic E-state index is 0.0748. The maximum Gasteiger partial charge on any atom is 0.341 e. The van der Waals surface area contributed by atoms with Gasteiger partial charge in [0.2, 0.25) is 0 Å². The fourth-order valence-electron chi connectivity index (χ4n) is 2.15. The zero-order chi connectivity index (χ0) is 17.7. The van der Waals surface area contributed by atoms with Crippen LogP contribution in [0.4, 0.5) is 0 Å². The normalized spacial score (nSPS) is 21.2. The van der Waals surface area contributed by atoms with Crippen molar-refractivity contribution in [1.29, 1.82) is 0 Å². The van der Waals surface area contributed by atoms with Crippen LogP contribution in [0.25, 0.3) is 0 Å². The van der Waals surface area contributed by atoms with Crippen LogP contribution in [-0.2, 0) is 23.9 Å². The second-order valence-electron chi connectivity index (χ2n) is 6.84. The first kappa shape index (κ1) is 19.0. The highest BCUT2D eigenvalue weighted by Crippen LogP contribution is 2.34. The molecule has 0 saturated carbocycles. The Labute approximate surface area is 137 Å². The molecule has 5 nitrogen and oxygen atoms in total. The van der Waals surface area contributed by atoms with E-state index in [4.69, 9.17) is 15.9 Å². The molecular weight excluding hydrogens is 296 g/mol. The Kier molecular flexibility index (Phi) is 6.14. The highest BCUT2D eigenvalue weighted by Gasteiger charge is 2.40. The number of ketones is 1. The number of ether oxygens (including phenoxy) is 2. The van der Waals surface area contributed by atoms with Crippen LogP contribution in [0.3, 0.4) is 0 Å². The molecule has 1 aliphatic rings. The van der Waals surface area contributed by atoms with Crippen molar-refractivity contribution in [2.75, 3.05) is 6.61 Å². The first-order valence-corrected chi connectivity index (χ1v) is 7.69. The lowest BCUT2D eigenvalue weighted by Gasteiger charge is -2.29. The van der Waals surface area contributed by atoms with Crippen molar-refractivity contribution in [3.8, 4) is 12.3 Å². The SMILES string of the molecule is C#CCCCOC(=O)[C@]1(C)C=C(C(=O)OC(C)(C)C)C(=O)CC1. The molecule has 126 valence electrons. The number of rotatable bonds is 5. The van der Waals surface area contributed by atoms with Gasteiger partial charge in [0.15, 0.2) is 5.78 Å². The summed E-state index contributed by atoms with van der Waals surface area (Å²) in [7, 11) is 0. The van der Waals surface area contributed by atoms with E-state index in [0.717, 1.165) is 0 Å². The van der Waals surface area contributed by atoms with Gasteiger partial charge in [-0.1, -0.05) is 0 Å². The lowest BCUT2D eigenvalue weighted by Crippen LogP contribution is -2.36. The molecule has 0 aromatic heterocycles. The fourth-order valence-corrected chi connectivity index (χ4v) is 2.15. The topological polar surface area (TPSA) is 69.7 Å². The first-order chi connectivity index (χ1) is 10.6. The van der Waals surface area contributed by atoms with Crippen LogP contribution in [0.15, 0.2) is 11.6 Å². The largest absolute Gasteiger partial charge is 0.465 e. The molecule has 0 radical (unpaired) electrons. The van der Waals surface area contributed by atoms with Crippen LogP contribution in [-0.4, -0.2) is 29.9 Å². The highest BCUT2D eigenvalue weighted by molar-refractivity contribution is 6.18. The van der Waals surface area contributed by atoms with Crippen LogP contribution >= 0.6 is 0 Å². The fraction of sp³-hybridized carbons (Fsp3) is 0.611. The Morgan fingerprint density at radius 3 is 2.61 bits per heavy atom. The van der Waals surface area contributed by atoms with Gasteiger partial charge in [-0.3, -0.25) is 9.59 Å². The summed E-state index contributed by atoms with van der Waals surface area (Å²) in [6, 6.07) is 0. The van der Waals surface area contributed by atoms with Crippen LogP contribution in [0.2, 0.25) is 0 Å². The molecule has 0 heterocycles. The Morgan fingerprint density at radius 1 is 1.39 bits per heavy atom. The number of carbonyl (C=O) groups is 3. The van der Waals surface area contributed by atoms with Crippen molar-refractivity contribution in [2.24, 2.45) is 5.41 Å². The third-order valence-corrected chi connectivity index (χ3v) is 3.42. The van der Waals surface area contributed by atoms with Crippen molar-refractivity contribution in [3.63, 3.8) is 0 Å². The summed E-state index contributed by atoms with van der Waals surface area (Å²) in [5.74, 6) is 1.01. The van der Waals surface area contributed by atoms with E-state index < -0.39 is 23.0 Å². The summed E-state index contributed by atoms with van der Waals surface area (Å²) in [6.07, 6.45) is 8.06. The third kappa shape index (κ3) is 5.55. The number of esters is 2. The second-order valence-corrected chi connectivity index (χ2v) is 6.84. The Bertz CT molecular complexity index is 559. The molecule has 1 atom stereocenters. The van der Waals surface area contributed by atoms with Crippen molar-refractivity contribution >= 4 is 17.7 Å². The average Bonchev–Trinajstić information content (AvgIpc) is 2.44. The van der Waals surface area contributed by atoms with E-state index in [2.05, 4.69) is 5.92 Å². The quantitative estimate of drug-likeness (QED) is 0.337. The molecule has 0 amide bonds. The van der Waals surface area contributed by atoms with Crippen LogP contribution in [0.5, 0.6) is 0 Å². The summed E-state index contributed by atoms with van der Waals surface area (Å²) < 4.78 is 10.4. The van der Waals surface area contributed by atoms with E-state index >= 15 is 0 Å². The monoisotopic (exact) mass is 320 g/mol. The molecule has 0 N–H and O–H groups in total. The predicted molar refractivity (Wildman–Crippen MR) is 85.3 cm³/mol. The zero-order valence-corrected chi connectivity index (χ0v) is 14.2. The molecule has 0 unspecified atom stereocenters. The molecule has 23 heavy (non-hydrogen) atoms. The van der Waals surface area contributed by atoms with Gasteiger partial charge in [-0.15, -0.1) is 12.3 Å². The summed E-state index contributed by atoms with van der Waals surface area (Å²) >= 11 is 0. The summed E-state index contributed by atoms with van der Waals surface area (Å²) in [5.41, 5.74) is -1.79. The van der Waals surface area contributed by atoms with Crippen molar-refractivity contribution < 1.29 is 23.9 Å². The van der Waals surface area contributed by atoms with Gasteiger partial charge in [0.25, 0.3) is 0 Å². The van der Waals surface area contributed by atoms with Gasteiger partial charge in [0, 0.05) is 12.8 Å². The molecule has 0 aromatic carbocycles. The lowest BCUT2D eigenvalue weighted by atomic mass is 9.77. The molecule has 1 rings (SSSR count). The van der Waals surface area contributed by atoms with Gasteiger partial charge >= 0.3 is 11.9 Å². The summed E-state index contributed by atoms with van der Waals surface area (Å²) in [5, 5.41) is 0. The van der Waals surface area contributed by atoms with E-state index in [0.29, 0.717) is 19.3 Å². The first-order valence-electron chi connectivity index (χ1n) is 7.69. The van der Waals surface area contributed by atoms with E-state index in [1.807, 2.05) is 0 Å². The minimum Gasteiger partial charge on any atom is -0.465 e. The minimum atomic E-state index is -1.00. The molecule has 0 spiro atoms. The number of carbonyl (C=O) groups excluding carboxylic acids is 3. The van der Waals surface area contributed by atoms with Gasteiger partial charge in [0.05, 0.1) is 17.6 Å². The molecule has 1 aliphatic carbocycles. The maximum absolute atomic E-state index is 12.3. The van der Waals surface area contributed by atoms with Gasteiger partial charge in [-0.2, -0.15) is 0 Å². The number of hydrogen-bond donors (Lipinski definition) is 0. The number of hydrogen-bond acceptors (Lipinski definition) is 5. The Morgan fingerprint density at radius 2 is 2.04 bits per heavy atom. The van der Waals surface area contributed by atoms with E-state index in [9.17, 15) is 14.4 Å². The molecule has 0 saturated heterocycles. The van der Waals surface area contributed by atoms with Crippen LogP contribution in [0.1, 0.15) is 53.4 Å². The standard InChI is InChI=1S/C18H24O5/c1-6-7-8-11-22-16(21)18(5)10-9-14(19)13(12-18)15(20)23-17(2,3)4/h1,12H,7-11H2,2-5H3/t18-/m0/s1. The summed E-state index contributed by atoms with van der Waals surface area (Å²) in [4.78, 5) is 36.4. The predicted octanol–water partition coefficient (Wildman–Crippen LogP) is 2.58. The van der Waals surface area contributed by atoms with E-state index in [1.165, 1.54) is 6.08 Å². The molecule has 5 heteroatoms. The highest BCUT2D eigenvalue weighted by atomic mass is 16.6. The summed E-state index contributed by atoms with van der Waals surface area (Å²) in [6.45, 7) is 7.04. The Hall–Kier alpha value is -2.09.